The van der Waals surface area contributed by atoms with E-state index in [2.05, 4.69) is 27.7 Å². The molecule has 1 nitrogen and oxygen atoms in total. The van der Waals surface area contributed by atoms with Crippen molar-refractivity contribution in [3.05, 3.63) is 0 Å². The molecule has 0 fully saturated rings. The van der Waals surface area contributed by atoms with Crippen LogP contribution >= 0.6 is 0 Å². The van der Waals surface area contributed by atoms with E-state index in [9.17, 15) is 0 Å². The maximum absolute atomic E-state index is 2.39. The van der Waals surface area contributed by atoms with Crippen molar-refractivity contribution >= 4 is 0 Å². The molecule has 0 aromatic rings. The highest BCUT2D eigenvalue weighted by molar-refractivity contribution is 4.57. The maximum atomic E-state index is 2.39. The molecule has 0 rings (SSSR count). The lowest BCUT2D eigenvalue weighted by molar-refractivity contribution is -0.929. The van der Waals surface area contributed by atoms with Crippen LogP contribution in [0.1, 0.15) is 362 Å². The molecule has 1 heteroatoms. The Labute approximate surface area is 390 Å². The Morgan fingerprint density at radius 3 is 0.361 bits per heavy atom. The molecule has 0 spiro atoms. The summed E-state index contributed by atoms with van der Waals surface area (Å²) in [5.74, 6) is 0. The summed E-state index contributed by atoms with van der Waals surface area (Å²) in [4.78, 5) is 0. The summed E-state index contributed by atoms with van der Waals surface area (Å²) in [5.41, 5.74) is 0. The molecule has 0 amide bonds. The monoisotopic (exact) mass is 859 g/mol. The van der Waals surface area contributed by atoms with Crippen molar-refractivity contribution in [3.8, 4) is 0 Å². The van der Waals surface area contributed by atoms with Gasteiger partial charge in [-0.05, 0) is 51.4 Å². The zero-order chi connectivity index (χ0) is 44.1. The molecule has 0 saturated carbocycles. The van der Waals surface area contributed by atoms with Crippen LogP contribution < -0.4 is 0 Å². The van der Waals surface area contributed by atoms with Gasteiger partial charge >= 0.3 is 0 Å². The normalized spacial score (nSPS) is 12.0. The van der Waals surface area contributed by atoms with Gasteiger partial charge in [0.05, 0.1) is 26.2 Å². The topological polar surface area (TPSA) is 0 Å². The van der Waals surface area contributed by atoms with Crippen molar-refractivity contribution in [1.29, 1.82) is 0 Å². The minimum atomic E-state index is 1.37. The van der Waals surface area contributed by atoms with Crippen LogP contribution in [0.5, 0.6) is 0 Å². The molecule has 0 saturated heterocycles. The van der Waals surface area contributed by atoms with E-state index >= 15 is 0 Å². The third-order valence-corrected chi connectivity index (χ3v) is 14.9. The van der Waals surface area contributed by atoms with Gasteiger partial charge in [0.2, 0.25) is 0 Å². The average Bonchev–Trinajstić information content (AvgIpc) is 3.27. The first-order chi connectivity index (χ1) is 30.2. The van der Waals surface area contributed by atoms with E-state index in [1.165, 1.54) is 365 Å². The first-order valence-corrected chi connectivity index (χ1v) is 30.1. The summed E-state index contributed by atoms with van der Waals surface area (Å²) in [7, 11) is 0. The molecule has 0 aromatic heterocycles. The minimum absolute atomic E-state index is 1.37. The quantitative estimate of drug-likeness (QED) is 0.0422. The summed E-state index contributed by atoms with van der Waals surface area (Å²) in [6.07, 6.45) is 76.7. The van der Waals surface area contributed by atoms with E-state index in [1.54, 1.807) is 0 Å². The van der Waals surface area contributed by atoms with Gasteiger partial charge in [0.1, 0.15) is 0 Å². The van der Waals surface area contributed by atoms with Crippen LogP contribution in [0.3, 0.4) is 0 Å². The van der Waals surface area contributed by atoms with Gasteiger partial charge in [0.25, 0.3) is 0 Å². The standard InChI is InChI=1S/C60H124N/c1-5-9-13-17-20-23-26-29-32-35-38-41-44-47-50-54-58-61(57-53-16-12-8-4,59-55-51-48-45-42-39-36-33-30-27-24-21-18-14-10-6-2)60-56-52-49-46-43-40-37-34-31-28-25-22-19-15-11-7-3/h5-60H2,1-4H3/q+1. The SMILES string of the molecule is CCCCCCCCCCCCCCCCCC[N+](CCCCCC)(CCCCCCCCCCCCCCCCCC)CCCCCCCCCCCCCCCCCC. The van der Waals surface area contributed by atoms with Crippen LogP contribution in [0.25, 0.3) is 0 Å². The van der Waals surface area contributed by atoms with Crippen LogP contribution in [0, 0.1) is 0 Å². The van der Waals surface area contributed by atoms with Crippen molar-refractivity contribution in [3.63, 3.8) is 0 Å². The fraction of sp³-hybridized carbons (Fsp3) is 1.00. The van der Waals surface area contributed by atoms with Crippen LogP contribution in [-0.4, -0.2) is 30.7 Å². The molecule has 0 N–H and O–H groups in total. The number of rotatable bonds is 56. The summed E-state index contributed by atoms with van der Waals surface area (Å²) in [6.45, 7) is 15.3. The van der Waals surface area contributed by atoms with Crippen molar-refractivity contribution in [2.24, 2.45) is 0 Å². The molecule has 0 unspecified atom stereocenters. The van der Waals surface area contributed by atoms with Gasteiger partial charge in [0.15, 0.2) is 0 Å². The Balaban J connectivity index is 4.57. The molecule has 0 aliphatic rings. The van der Waals surface area contributed by atoms with Gasteiger partial charge in [-0.25, -0.2) is 0 Å². The molecule has 0 atom stereocenters. The zero-order valence-corrected chi connectivity index (χ0v) is 44.0. The van der Waals surface area contributed by atoms with E-state index in [1.807, 2.05) is 0 Å². The van der Waals surface area contributed by atoms with Crippen molar-refractivity contribution in [2.75, 3.05) is 26.2 Å². The van der Waals surface area contributed by atoms with Crippen LogP contribution in [0.2, 0.25) is 0 Å². The van der Waals surface area contributed by atoms with Crippen LogP contribution in [0.4, 0.5) is 0 Å². The Morgan fingerprint density at radius 1 is 0.131 bits per heavy atom. The third kappa shape index (κ3) is 49.2. The van der Waals surface area contributed by atoms with Gasteiger partial charge in [-0.2, -0.15) is 0 Å². The Kier molecular flexibility index (Phi) is 54.3. The van der Waals surface area contributed by atoms with Gasteiger partial charge < -0.3 is 4.48 Å². The molecule has 0 aromatic carbocycles. The lowest BCUT2D eigenvalue weighted by Crippen LogP contribution is -2.50. The molecule has 61 heavy (non-hydrogen) atoms. The summed E-state index contributed by atoms with van der Waals surface area (Å²) < 4.78 is 1.49. The van der Waals surface area contributed by atoms with Gasteiger partial charge in [0, 0.05) is 0 Å². The smallest absolute Gasteiger partial charge is 0.0786 e. The predicted octanol–water partition coefficient (Wildman–Crippen LogP) is 22.2. The molecular formula is C60H124N+. The lowest BCUT2D eigenvalue weighted by Gasteiger charge is -2.40. The lowest BCUT2D eigenvalue weighted by atomic mass is 10.0. The van der Waals surface area contributed by atoms with Gasteiger partial charge in [-0.15, -0.1) is 0 Å². The molecule has 0 aliphatic carbocycles. The first kappa shape index (κ1) is 61.0. The zero-order valence-electron chi connectivity index (χ0n) is 44.0. The number of hydrogen-bond donors (Lipinski definition) is 0. The average molecular weight is 860 g/mol. The molecule has 0 radical (unpaired) electrons. The Hall–Kier alpha value is -0.0400. The molecule has 0 bridgehead atoms. The van der Waals surface area contributed by atoms with Crippen molar-refractivity contribution < 1.29 is 4.48 Å². The number of hydrogen-bond acceptors (Lipinski definition) is 0. The minimum Gasteiger partial charge on any atom is -0.324 e. The van der Waals surface area contributed by atoms with Crippen LogP contribution in [-0.2, 0) is 0 Å². The molecule has 368 valence electrons. The van der Waals surface area contributed by atoms with Crippen LogP contribution in [0.15, 0.2) is 0 Å². The van der Waals surface area contributed by atoms with Crippen molar-refractivity contribution in [1.82, 2.24) is 0 Å². The summed E-state index contributed by atoms with van der Waals surface area (Å²) >= 11 is 0. The molecule has 0 aliphatic heterocycles. The largest absolute Gasteiger partial charge is 0.324 e. The second-order valence-corrected chi connectivity index (χ2v) is 21.2. The Morgan fingerprint density at radius 2 is 0.230 bits per heavy atom. The van der Waals surface area contributed by atoms with E-state index < -0.39 is 0 Å². The van der Waals surface area contributed by atoms with E-state index in [0.717, 1.165) is 0 Å². The third-order valence-electron chi connectivity index (χ3n) is 14.9. The fourth-order valence-corrected chi connectivity index (χ4v) is 10.5. The second-order valence-electron chi connectivity index (χ2n) is 21.2. The number of unbranched alkanes of at least 4 members (excludes halogenated alkanes) is 48. The van der Waals surface area contributed by atoms with Gasteiger partial charge in [-0.3, -0.25) is 0 Å². The number of quaternary nitrogens is 1. The summed E-state index contributed by atoms with van der Waals surface area (Å²) in [5, 5.41) is 0. The highest BCUT2D eigenvalue weighted by Crippen LogP contribution is 2.22. The Bertz CT molecular complexity index is 655. The van der Waals surface area contributed by atoms with E-state index in [0.29, 0.717) is 0 Å². The van der Waals surface area contributed by atoms with E-state index in [4.69, 9.17) is 0 Å². The highest BCUT2D eigenvalue weighted by atomic mass is 15.3. The second kappa shape index (κ2) is 54.3. The highest BCUT2D eigenvalue weighted by Gasteiger charge is 2.25. The van der Waals surface area contributed by atoms with Crippen molar-refractivity contribution in [2.45, 2.75) is 362 Å². The fourth-order valence-electron chi connectivity index (χ4n) is 10.5. The predicted molar refractivity (Wildman–Crippen MR) is 283 cm³/mol. The van der Waals surface area contributed by atoms with Gasteiger partial charge in [-0.1, -0.05) is 310 Å². The molecular weight excluding hydrogens is 735 g/mol. The first-order valence-electron chi connectivity index (χ1n) is 30.1. The maximum Gasteiger partial charge on any atom is 0.0786 e. The molecule has 0 heterocycles. The summed E-state index contributed by atoms with van der Waals surface area (Å²) in [6, 6.07) is 0. The van der Waals surface area contributed by atoms with E-state index in [-0.39, 0.29) is 0 Å². The number of nitrogens with zero attached hydrogens (tertiary/aromatic N) is 1.